The van der Waals surface area contributed by atoms with Gasteiger partial charge in [0.1, 0.15) is 18.1 Å². The Kier molecular flexibility index (Phi) is 13.3. The van der Waals surface area contributed by atoms with Crippen molar-refractivity contribution in [2.45, 2.75) is 84.0 Å². The van der Waals surface area contributed by atoms with Crippen LogP contribution in [0.25, 0.3) is 10.9 Å². The van der Waals surface area contributed by atoms with Crippen LogP contribution in [0.2, 0.25) is 0 Å². The van der Waals surface area contributed by atoms with Gasteiger partial charge in [-0.1, -0.05) is 52.3 Å². The fourth-order valence-corrected chi connectivity index (χ4v) is 4.52. The molecule has 13 nitrogen and oxygen atoms in total. The average molecular weight is 587 g/mol. The molecule has 0 spiro atoms. The standard InChI is InChI=1S/C29H46N8O5/c1-5-17(4)24(30)27(40)37-23(14-18-15-34-20-10-7-6-9-19(18)20)26(39)36-22(13-16(2)3)25(38)35-21(28(41)42)11-8-12-33-29(31)32/h6-7,9-10,15-17,21-24,34H,5,8,11-14,30H2,1-4H3,(H,35,38)(H,36,39)(H,37,40)(H,41,42)(H4,31,32,33). The van der Waals surface area contributed by atoms with E-state index < -0.39 is 47.9 Å². The van der Waals surface area contributed by atoms with Crippen LogP contribution in [0, 0.1) is 11.8 Å². The quantitative estimate of drug-likeness (QED) is 0.0746. The van der Waals surface area contributed by atoms with Gasteiger partial charge in [0, 0.05) is 30.1 Å². The second-order valence-corrected chi connectivity index (χ2v) is 11.1. The number of carboxylic acids is 1. The van der Waals surface area contributed by atoms with Crippen molar-refractivity contribution in [3.05, 3.63) is 36.0 Å². The van der Waals surface area contributed by atoms with Crippen LogP contribution in [0.5, 0.6) is 0 Å². The fraction of sp³-hybridized carbons (Fsp3) is 0.552. The summed E-state index contributed by atoms with van der Waals surface area (Å²) in [5, 5.41) is 18.6. The molecule has 1 aromatic carbocycles. The Morgan fingerprint density at radius 3 is 2.19 bits per heavy atom. The summed E-state index contributed by atoms with van der Waals surface area (Å²) in [6.07, 6.45) is 3.27. The third-order valence-electron chi connectivity index (χ3n) is 7.19. The maximum atomic E-state index is 13.7. The highest BCUT2D eigenvalue weighted by Crippen LogP contribution is 2.20. The first-order chi connectivity index (χ1) is 19.8. The molecular weight excluding hydrogens is 540 g/mol. The van der Waals surface area contributed by atoms with E-state index in [4.69, 9.17) is 17.2 Å². The molecule has 0 radical (unpaired) electrons. The summed E-state index contributed by atoms with van der Waals surface area (Å²) < 4.78 is 0. The highest BCUT2D eigenvalue weighted by molar-refractivity contribution is 5.95. The largest absolute Gasteiger partial charge is 0.480 e. The zero-order valence-electron chi connectivity index (χ0n) is 24.9. The van der Waals surface area contributed by atoms with E-state index in [0.717, 1.165) is 16.5 Å². The third-order valence-corrected chi connectivity index (χ3v) is 7.19. The minimum Gasteiger partial charge on any atom is -0.480 e. The number of hydrogen-bond donors (Lipinski definition) is 8. The second kappa shape index (κ2) is 16.3. The molecule has 0 saturated heterocycles. The van der Waals surface area contributed by atoms with Gasteiger partial charge in [0.2, 0.25) is 17.7 Å². The molecule has 0 fully saturated rings. The van der Waals surface area contributed by atoms with Gasteiger partial charge < -0.3 is 43.2 Å². The van der Waals surface area contributed by atoms with Gasteiger partial charge in [0.15, 0.2) is 5.96 Å². The molecule has 5 atom stereocenters. The number of rotatable bonds is 17. The normalized spacial score (nSPS) is 14.8. The molecule has 1 heterocycles. The van der Waals surface area contributed by atoms with Crippen molar-refractivity contribution in [1.82, 2.24) is 20.9 Å². The van der Waals surface area contributed by atoms with Gasteiger partial charge in [-0.3, -0.25) is 19.4 Å². The molecule has 0 aliphatic rings. The van der Waals surface area contributed by atoms with E-state index >= 15 is 0 Å². The predicted molar refractivity (Wildman–Crippen MR) is 162 cm³/mol. The van der Waals surface area contributed by atoms with E-state index in [1.54, 1.807) is 6.20 Å². The van der Waals surface area contributed by atoms with Crippen LogP contribution in [-0.2, 0) is 25.6 Å². The highest BCUT2D eigenvalue weighted by atomic mass is 16.4. The van der Waals surface area contributed by atoms with Gasteiger partial charge in [-0.05, 0) is 42.7 Å². The Balaban J connectivity index is 2.27. The summed E-state index contributed by atoms with van der Waals surface area (Å²) in [7, 11) is 0. The fourth-order valence-electron chi connectivity index (χ4n) is 4.52. The Morgan fingerprint density at radius 2 is 1.57 bits per heavy atom. The lowest BCUT2D eigenvalue weighted by molar-refractivity contribution is -0.142. The first-order valence-corrected chi connectivity index (χ1v) is 14.3. The number of carbonyl (C=O) groups excluding carboxylic acids is 3. The maximum Gasteiger partial charge on any atom is 0.326 e. The zero-order chi connectivity index (χ0) is 31.4. The zero-order valence-corrected chi connectivity index (χ0v) is 24.9. The molecule has 5 unspecified atom stereocenters. The molecule has 0 aliphatic carbocycles. The van der Waals surface area contributed by atoms with Gasteiger partial charge in [0.05, 0.1) is 6.04 Å². The Bertz CT molecular complexity index is 1240. The molecule has 2 aromatic rings. The number of nitrogens with zero attached hydrogens (tertiary/aromatic N) is 1. The van der Waals surface area contributed by atoms with Crippen LogP contribution in [0.3, 0.4) is 0 Å². The van der Waals surface area contributed by atoms with E-state index in [9.17, 15) is 24.3 Å². The van der Waals surface area contributed by atoms with Crippen LogP contribution in [0.4, 0.5) is 0 Å². The van der Waals surface area contributed by atoms with Gasteiger partial charge >= 0.3 is 5.97 Å². The summed E-state index contributed by atoms with van der Waals surface area (Å²) in [6.45, 7) is 7.76. The number of aliphatic carboxylic acids is 1. The second-order valence-electron chi connectivity index (χ2n) is 11.1. The van der Waals surface area contributed by atoms with Gasteiger partial charge in [-0.15, -0.1) is 0 Å². The summed E-state index contributed by atoms with van der Waals surface area (Å²) in [5.74, 6) is -3.13. The first-order valence-electron chi connectivity index (χ1n) is 14.3. The van der Waals surface area contributed by atoms with Crippen LogP contribution < -0.4 is 33.2 Å². The van der Waals surface area contributed by atoms with Crippen molar-refractivity contribution in [1.29, 1.82) is 0 Å². The highest BCUT2D eigenvalue weighted by Gasteiger charge is 2.32. The number of carboxylic acid groups (broad SMARTS) is 1. The van der Waals surface area contributed by atoms with E-state index in [1.807, 2.05) is 52.0 Å². The van der Waals surface area contributed by atoms with E-state index in [-0.39, 0.29) is 43.6 Å². The van der Waals surface area contributed by atoms with Gasteiger partial charge in [-0.25, -0.2) is 4.79 Å². The summed E-state index contributed by atoms with van der Waals surface area (Å²) in [5.41, 5.74) is 18.5. The molecule has 232 valence electrons. The molecule has 0 bridgehead atoms. The minimum atomic E-state index is -1.22. The van der Waals surface area contributed by atoms with Crippen molar-refractivity contribution < 1.29 is 24.3 Å². The van der Waals surface area contributed by atoms with Crippen LogP contribution in [-0.4, -0.2) is 70.5 Å². The van der Waals surface area contributed by atoms with Crippen molar-refractivity contribution >= 4 is 40.6 Å². The van der Waals surface area contributed by atoms with Crippen molar-refractivity contribution in [3.8, 4) is 0 Å². The van der Waals surface area contributed by atoms with Crippen LogP contribution in [0.15, 0.2) is 35.5 Å². The number of nitrogens with one attached hydrogen (secondary N) is 4. The summed E-state index contributed by atoms with van der Waals surface area (Å²) in [6, 6.07) is 3.49. The van der Waals surface area contributed by atoms with Crippen LogP contribution in [0.1, 0.15) is 58.9 Å². The number of hydrogen-bond acceptors (Lipinski definition) is 6. The monoisotopic (exact) mass is 586 g/mol. The van der Waals surface area contributed by atoms with Crippen LogP contribution >= 0.6 is 0 Å². The predicted octanol–water partition coefficient (Wildman–Crippen LogP) is 0.723. The summed E-state index contributed by atoms with van der Waals surface area (Å²) in [4.78, 5) is 58.8. The first kappa shape index (κ1) is 34.1. The molecule has 11 N–H and O–H groups in total. The minimum absolute atomic E-state index is 0.00770. The Labute approximate surface area is 246 Å². The molecule has 42 heavy (non-hydrogen) atoms. The van der Waals surface area contributed by atoms with E-state index in [2.05, 4.69) is 25.9 Å². The number of aromatic nitrogens is 1. The number of aliphatic imine (C=N–C) groups is 1. The number of nitrogens with two attached hydrogens (primary N) is 3. The molecule has 0 saturated carbocycles. The number of amides is 3. The number of guanidine groups is 1. The Morgan fingerprint density at radius 1 is 0.952 bits per heavy atom. The topological polar surface area (TPSA) is 231 Å². The third kappa shape index (κ3) is 10.4. The lowest BCUT2D eigenvalue weighted by atomic mass is 9.97. The Hall–Kier alpha value is -4.13. The number of H-pyrrole nitrogens is 1. The van der Waals surface area contributed by atoms with Crippen molar-refractivity contribution in [2.75, 3.05) is 6.54 Å². The molecular formula is C29H46N8O5. The van der Waals surface area contributed by atoms with Gasteiger partial charge in [0.25, 0.3) is 0 Å². The van der Waals surface area contributed by atoms with E-state index in [0.29, 0.717) is 12.8 Å². The molecule has 1 aromatic heterocycles. The number of aromatic amines is 1. The summed E-state index contributed by atoms with van der Waals surface area (Å²) >= 11 is 0. The molecule has 0 aliphatic heterocycles. The average Bonchev–Trinajstić information content (AvgIpc) is 3.34. The molecule has 13 heteroatoms. The van der Waals surface area contributed by atoms with E-state index in [1.165, 1.54) is 0 Å². The number of carbonyl (C=O) groups is 4. The van der Waals surface area contributed by atoms with Crippen molar-refractivity contribution in [3.63, 3.8) is 0 Å². The maximum absolute atomic E-state index is 13.7. The molecule has 3 amide bonds. The smallest absolute Gasteiger partial charge is 0.326 e. The number of fused-ring (bicyclic) bond motifs is 1. The molecule has 2 rings (SSSR count). The SMILES string of the molecule is CCC(C)C(N)C(=O)NC(Cc1c[nH]c2ccccc12)C(=O)NC(CC(C)C)C(=O)NC(CCCN=C(N)N)C(=O)O. The van der Waals surface area contributed by atoms with Gasteiger partial charge in [-0.2, -0.15) is 0 Å². The lowest BCUT2D eigenvalue weighted by Crippen LogP contribution is -2.58. The number of para-hydroxylation sites is 1. The van der Waals surface area contributed by atoms with Crippen molar-refractivity contribution in [2.24, 2.45) is 34.0 Å². The lowest BCUT2D eigenvalue weighted by Gasteiger charge is -2.27. The number of benzene rings is 1.